The maximum Gasteiger partial charge on any atom is 0.310 e. The summed E-state index contributed by atoms with van der Waals surface area (Å²) in [5, 5.41) is 6.33. The van der Waals surface area contributed by atoms with Crippen molar-refractivity contribution in [1.82, 2.24) is 10.6 Å². The van der Waals surface area contributed by atoms with Crippen molar-refractivity contribution in [1.29, 1.82) is 0 Å². The minimum atomic E-state index is -0.317. The Morgan fingerprint density at radius 2 is 2.04 bits per heavy atom. The molecule has 24 heavy (non-hydrogen) atoms. The summed E-state index contributed by atoms with van der Waals surface area (Å²) < 4.78 is 18.4. The van der Waals surface area contributed by atoms with Gasteiger partial charge in [-0.25, -0.2) is 4.39 Å². The van der Waals surface area contributed by atoms with Gasteiger partial charge in [-0.2, -0.15) is 0 Å². The van der Waals surface area contributed by atoms with Gasteiger partial charge in [0.05, 0.1) is 25.6 Å². The van der Waals surface area contributed by atoms with E-state index < -0.39 is 0 Å². The van der Waals surface area contributed by atoms with E-state index in [1.807, 2.05) is 19.9 Å². The third-order valence-electron chi connectivity index (χ3n) is 3.52. The molecule has 2 N–H and O–H groups in total. The smallest absolute Gasteiger partial charge is 0.310 e. The van der Waals surface area contributed by atoms with E-state index in [1.54, 1.807) is 19.9 Å². The summed E-state index contributed by atoms with van der Waals surface area (Å²) in [6.45, 7) is 8.39. The lowest BCUT2D eigenvalue weighted by Gasteiger charge is -2.19. The number of nitrogens with zero attached hydrogens (tertiary/aromatic N) is 1. The number of aliphatic imine (C=N–C) groups is 1. The number of carbonyl (C=O) groups is 1. The molecule has 0 amide bonds. The van der Waals surface area contributed by atoms with Gasteiger partial charge < -0.3 is 15.4 Å². The molecule has 7 heteroatoms. The second-order valence-electron chi connectivity index (χ2n) is 5.52. The number of halogens is 2. The minimum absolute atomic E-state index is 0. The predicted octanol–water partition coefficient (Wildman–Crippen LogP) is 3.18. The molecule has 0 aliphatic carbocycles. The van der Waals surface area contributed by atoms with Crippen molar-refractivity contribution < 1.29 is 13.9 Å². The number of nitrogens with one attached hydrogen (secondary N) is 2. The highest BCUT2D eigenvalue weighted by molar-refractivity contribution is 14.0. The van der Waals surface area contributed by atoms with Gasteiger partial charge in [0.1, 0.15) is 5.82 Å². The minimum Gasteiger partial charge on any atom is -0.469 e. The highest BCUT2D eigenvalue weighted by atomic mass is 127. The number of ether oxygens (including phenoxy) is 1. The van der Waals surface area contributed by atoms with Gasteiger partial charge in [-0.3, -0.25) is 9.79 Å². The fourth-order valence-corrected chi connectivity index (χ4v) is 1.99. The Balaban J connectivity index is 0.00000529. The number of benzene rings is 1. The second-order valence-corrected chi connectivity index (χ2v) is 5.52. The van der Waals surface area contributed by atoms with Gasteiger partial charge in [0.2, 0.25) is 0 Å². The molecule has 0 heterocycles. The van der Waals surface area contributed by atoms with Crippen LogP contribution in [0.4, 0.5) is 4.39 Å². The molecule has 1 aromatic carbocycles. The van der Waals surface area contributed by atoms with Crippen molar-refractivity contribution in [2.24, 2.45) is 10.9 Å². The van der Waals surface area contributed by atoms with Gasteiger partial charge in [0.25, 0.3) is 0 Å². The van der Waals surface area contributed by atoms with E-state index >= 15 is 0 Å². The molecule has 5 nitrogen and oxygen atoms in total. The quantitative estimate of drug-likeness (QED) is 0.302. The van der Waals surface area contributed by atoms with Crippen molar-refractivity contribution >= 4 is 35.9 Å². The van der Waals surface area contributed by atoms with Gasteiger partial charge in [0.15, 0.2) is 5.96 Å². The second kappa shape index (κ2) is 11.2. The van der Waals surface area contributed by atoms with Crippen LogP contribution in [0.15, 0.2) is 23.2 Å². The van der Waals surface area contributed by atoms with E-state index in [2.05, 4.69) is 20.4 Å². The Bertz CT molecular complexity index is 567. The molecule has 0 spiro atoms. The SMILES string of the molecule is CCNC(=NCC(C)C(=O)OC)NC(C)c1ccc(C)c(F)c1.I. The average molecular weight is 451 g/mol. The van der Waals surface area contributed by atoms with Crippen molar-refractivity contribution in [3.63, 3.8) is 0 Å². The molecule has 2 atom stereocenters. The Hall–Kier alpha value is -1.38. The molecular weight excluding hydrogens is 424 g/mol. The fourth-order valence-electron chi connectivity index (χ4n) is 1.99. The van der Waals surface area contributed by atoms with Gasteiger partial charge in [0, 0.05) is 6.54 Å². The molecule has 0 fully saturated rings. The van der Waals surface area contributed by atoms with Crippen molar-refractivity contribution in [3.05, 3.63) is 35.1 Å². The van der Waals surface area contributed by atoms with Crippen LogP contribution in [-0.4, -0.2) is 32.1 Å². The van der Waals surface area contributed by atoms with Crippen molar-refractivity contribution in [2.75, 3.05) is 20.2 Å². The van der Waals surface area contributed by atoms with E-state index in [0.717, 1.165) is 5.56 Å². The zero-order valence-corrected chi connectivity index (χ0v) is 17.2. The number of carbonyl (C=O) groups excluding carboxylic acids is 1. The summed E-state index contributed by atoms with van der Waals surface area (Å²) in [6.07, 6.45) is 0. The van der Waals surface area contributed by atoms with Gasteiger partial charge >= 0.3 is 5.97 Å². The predicted molar refractivity (Wildman–Crippen MR) is 105 cm³/mol. The van der Waals surface area contributed by atoms with Crippen LogP contribution in [-0.2, 0) is 9.53 Å². The standard InChI is InChI=1S/C17H26FN3O2.HI/c1-6-19-17(20-10-12(3)16(22)23-5)21-13(4)14-8-7-11(2)15(18)9-14;/h7-9,12-13H,6,10H2,1-5H3,(H2,19,20,21);1H. The van der Waals surface area contributed by atoms with Gasteiger partial charge in [-0.1, -0.05) is 19.1 Å². The first kappa shape index (κ1) is 22.6. The monoisotopic (exact) mass is 451 g/mol. The number of hydrogen-bond acceptors (Lipinski definition) is 3. The first-order valence-corrected chi connectivity index (χ1v) is 7.77. The van der Waals surface area contributed by atoms with Crippen LogP contribution < -0.4 is 10.6 Å². The van der Waals surface area contributed by atoms with E-state index in [4.69, 9.17) is 0 Å². The van der Waals surface area contributed by atoms with Crippen LogP contribution in [0.25, 0.3) is 0 Å². The molecule has 0 aliphatic heterocycles. The third-order valence-corrected chi connectivity index (χ3v) is 3.52. The number of hydrogen-bond donors (Lipinski definition) is 2. The fraction of sp³-hybridized carbons (Fsp3) is 0.529. The summed E-state index contributed by atoms with van der Waals surface area (Å²) in [4.78, 5) is 15.8. The summed E-state index contributed by atoms with van der Waals surface area (Å²) in [6, 6.07) is 5.05. The molecule has 0 aromatic heterocycles. The summed E-state index contributed by atoms with van der Waals surface area (Å²) in [7, 11) is 1.36. The molecule has 0 saturated heterocycles. The molecule has 1 rings (SSSR count). The molecular formula is C17H27FIN3O2. The van der Waals surface area contributed by atoms with E-state index in [9.17, 15) is 9.18 Å². The molecule has 0 saturated carbocycles. The Kier molecular flexibility index (Phi) is 10.6. The molecule has 0 aliphatic rings. The Morgan fingerprint density at radius 1 is 1.38 bits per heavy atom. The molecule has 0 bridgehead atoms. The van der Waals surface area contributed by atoms with E-state index in [-0.39, 0.29) is 47.7 Å². The first-order valence-electron chi connectivity index (χ1n) is 7.77. The summed E-state index contributed by atoms with van der Waals surface area (Å²) in [5.41, 5.74) is 1.45. The maximum absolute atomic E-state index is 13.7. The lowest BCUT2D eigenvalue weighted by Crippen LogP contribution is -2.39. The topological polar surface area (TPSA) is 62.7 Å². The largest absolute Gasteiger partial charge is 0.469 e. The molecule has 0 radical (unpaired) electrons. The number of methoxy groups -OCH3 is 1. The Labute approximate surface area is 160 Å². The summed E-state index contributed by atoms with van der Waals surface area (Å²) in [5.74, 6) is -0.255. The van der Waals surface area contributed by atoms with Crippen LogP contribution in [0.3, 0.4) is 0 Å². The zero-order chi connectivity index (χ0) is 17.4. The molecule has 2 unspecified atom stereocenters. The van der Waals surface area contributed by atoms with Crippen LogP contribution in [0.2, 0.25) is 0 Å². The first-order chi connectivity index (χ1) is 10.9. The van der Waals surface area contributed by atoms with Gasteiger partial charge in [-0.15, -0.1) is 24.0 Å². The van der Waals surface area contributed by atoms with Crippen molar-refractivity contribution in [3.8, 4) is 0 Å². The molecule has 1 aromatic rings. The van der Waals surface area contributed by atoms with Crippen LogP contribution in [0, 0.1) is 18.7 Å². The summed E-state index contributed by atoms with van der Waals surface area (Å²) >= 11 is 0. The highest BCUT2D eigenvalue weighted by Crippen LogP contribution is 2.16. The third kappa shape index (κ3) is 7.02. The van der Waals surface area contributed by atoms with Crippen LogP contribution >= 0.6 is 24.0 Å². The van der Waals surface area contributed by atoms with Gasteiger partial charge in [-0.05, 0) is 38.0 Å². The molecule has 136 valence electrons. The maximum atomic E-state index is 13.7. The highest BCUT2D eigenvalue weighted by Gasteiger charge is 2.14. The van der Waals surface area contributed by atoms with E-state index in [0.29, 0.717) is 24.6 Å². The van der Waals surface area contributed by atoms with Crippen LogP contribution in [0.5, 0.6) is 0 Å². The van der Waals surface area contributed by atoms with Crippen LogP contribution in [0.1, 0.15) is 37.9 Å². The lowest BCUT2D eigenvalue weighted by atomic mass is 10.1. The number of aryl methyl sites for hydroxylation is 1. The van der Waals surface area contributed by atoms with Crippen molar-refractivity contribution in [2.45, 2.75) is 33.7 Å². The number of guanidine groups is 1. The average Bonchev–Trinajstić information content (AvgIpc) is 2.54. The zero-order valence-electron chi connectivity index (χ0n) is 14.9. The Morgan fingerprint density at radius 3 is 2.58 bits per heavy atom. The number of rotatable bonds is 6. The normalized spacial score (nSPS) is 13.5. The number of esters is 1. The lowest BCUT2D eigenvalue weighted by molar-refractivity contribution is -0.144. The van der Waals surface area contributed by atoms with E-state index in [1.165, 1.54) is 13.2 Å².